The number of rotatable bonds is 4. The fourth-order valence-corrected chi connectivity index (χ4v) is 3.05. The molecular formula is C19H21FN2O. The first kappa shape index (κ1) is 15.7. The van der Waals surface area contributed by atoms with Gasteiger partial charge in [0.1, 0.15) is 5.82 Å². The molecule has 0 aromatic heterocycles. The number of carbonyl (C=O) groups excluding carboxylic acids is 1. The first-order valence-corrected chi connectivity index (χ1v) is 8.04. The van der Waals surface area contributed by atoms with Crippen molar-refractivity contribution in [3.63, 3.8) is 0 Å². The predicted octanol–water partition coefficient (Wildman–Crippen LogP) is 3.68. The Hall–Kier alpha value is -2.20. The maximum absolute atomic E-state index is 13.7. The van der Waals surface area contributed by atoms with E-state index >= 15 is 0 Å². The van der Waals surface area contributed by atoms with Gasteiger partial charge in [-0.1, -0.05) is 42.5 Å². The Bertz CT molecular complexity index is 659. The summed E-state index contributed by atoms with van der Waals surface area (Å²) < 4.78 is 13.7. The second kappa shape index (κ2) is 7.38. The van der Waals surface area contributed by atoms with E-state index in [2.05, 4.69) is 22.3 Å². The molecule has 23 heavy (non-hydrogen) atoms. The van der Waals surface area contributed by atoms with Gasteiger partial charge in [-0.2, -0.15) is 0 Å². The molecule has 0 aliphatic carbocycles. The summed E-state index contributed by atoms with van der Waals surface area (Å²) >= 11 is 0. The van der Waals surface area contributed by atoms with Gasteiger partial charge in [-0.05, 0) is 37.1 Å². The average molecular weight is 312 g/mol. The van der Waals surface area contributed by atoms with E-state index in [1.165, 1.54) is 11.6 Å². The van der Waals surface area contributed by atoms with E-state index in [4.69, 9.17) is 0 Å². The molecule has 1 heterocycles. The molecule has 1 aliphatic rings. The van der Waals surface area contributed by atoms with E-state index in [9.17, 15) is 9.18 Å². The van der Waals surface area contributed by atoms with Crippen molar-refractivity contribution < 1.29 is 9.18 Å². The van der Waals surface area contributed by atoms with Crippen molar-refractivity contribution in [3.05, 3.63) is 66.0 Å². The molecule has 1 fully saturated rings. The summed E-state index contributed by atoms with van der Waals surface area (Å²) in [4.78, 5) is 14.7. The second-order valence-corrected chi connectivity index (χ2v) is 6.03. The van der Waals surface area contributed by atoms with Crippen LogP contribution in [0.5, 0.6) is 0 Å². The second-order valence-electron chi connectivity index (χ2n) is 6.03. The number of likely N-dealkylation sites (tertiary alicyclic amines) is 1. The summed E-state index contributed by atoms with van der Waals surface area (Å²) in [5.74, 6) is -0.572. The normalized spacial score (nSPS) is 18.6. The van der Waals surface area contributed by atoms with Gasteiger partial charge in [-0.25, -0.2) is 4.39 Å². The van der Waals surface area contributed by atoms with Crippen LogP contribution in [0.3, 0.4) is 0 Å². The Morgan fingerprint density at radius 1 is 1.13 bits per heavy atom. The number of para-hydroxylation sites is 1. The first-order valence-electron chi connectivity index (χ1n) is 8.04. The van der Waals surface area contributed by atoms with Crippen LogP contribution in [0.1, 0.15) is 18.4 Å². The van der Waals surface area contributed by atoms with Gasteiger partial charge in [-0.3, -0.25) is 9.69 Å². The molecule has 120 valence electrons. The third-order valence-corrected chi connectivity index (χ3v) is 4.26. The van der Waals surface area contributed by atoms with Crippen molar-refractivity contribution in [1.29, 1.82) is 0 Å². The molecular weight excluding hydrogens is 291 g/mol. The minimum Gasteiger partial charge on any atom is -0.323 e. The van der Waals surface area contributed by atoms with Crippen LogP contribution in [0.15, 0.2) is 54.6 Å². The number of nitrogens with zero attached hydrogens (tertiary/aromatic N) is 1. The summed E-state index contributed by atoms with van der Waals surface area (Å²) in [7, 11) is 0. The lowest BCUT2D eigenvalue weighted by molar-refractivity contribution is -0.121. The number of anilines is 1. The van der Waals surface area contributed by atoms with Gasteiger partial charge in [0.15, 0.2) is 0 Å². The highest BCUT2D eigenvalue weighted by Gasteiger charge is 2.26. The number of piperidine rings is 1. The van der Waals surface area contributed by atoms with Gasteiger partial charge in [-0.15, -0.1) is 0 Å². The topological polar surface area (TPSA) is 32.3 Å². The lowest BCUT2D eigenvalue weighted by Crippen LogP contribution is -2.40. The zero-order valence-corrected chi connectivity index (χ0v) is 13.0. The molecule has 3 rings (SSSR count). The largest absolute Gasteiger partial charge is 0.323 e. The molecule has 4 heteroatoms. The van der Waals surface area contributed by atoms with Gasteiger partial charge < -0.3 is 5.32 Å². The molecule has 1 atom stereocenters. The minimum atomic E-state index is -0.391. The Kier molecular flexibility index (Phi) is 5.03. The van der Waals surface area contributed by atoms with Gasteiger partial charge in [0.05, 0.1) is 11.6 Å². The van der Waals surface area contributed by atoms with E-state index in [0.29, 0.717) is 0 Å². The van der Waals surface area contributed by atoms with E-state index in [1.54, 1.807) is 18.2 Å². The summed E-state index contributed by atoms with van der Waals surface area (Å²) in [6, 6.07) is 16.6. The molecule has 2 aromatic carbocycles. The predicted molar refractivity (Wildman–Crippen MR) is 89.5 cm³/mol. The van der Waals surface area contributed by atoms with E-state index in [-0.39, 0.29) is 17.5 Å². The molecule has 2 aromatic rings. The Balaban J connectivity index is 1.59. The van der Waals surface area contributed by atoms with Crippen LogP contribution in [-0.4, -0.2) is 23.9 Å². The Morgan fingerprint density at radius 3 is 2.65 bits per heavy atom. The van der Waals surface area contributed by atoms with Crippen molar-refractivity contribution in [2.24, 2.45) is 5.92 Å². The van der Waals surface area contributed by atoms with Gasteiger partial charge in [0.25, 0.3) is 0 Å². The van der Waals surface area contributed by atoms with Crippen LogP contribution < -0.4 is 5.32 Å². The molecule has 0 unspecified atom stereocenters. The van der Waals surface area contributed by atoms with Crippen LogP contribution in [-0.2, 0) is 11.3 Å². The first-order chi connectivity index (χ1) is 11.2. The number of hydrogen-bond donors (Lipinski definition) is 1. The fourth-order valence-electron chi connectivity index (χ4n) is 3.05. The lowest BCUT2D eigenvalue weighted by Gasteiger charge is -2.32. The number of benzene rings is 2. The highest BCUT2D eigenvalue weighted by Crippen LogP contribution is 2.21. The van der Waals surface area contributed by atoms with E-state index < -0.39 is 5.82 Å². The zero-order valence-electron chi connectivity index (χ0n) is 13.0. The molecule has 0 radical (unpaired) electrons. The summed E-state index contributed by atoms with van der Waals surface area (Å²) in [5, 5.41) is 2.72. The van der Waals surface area contributed by atoms with Crippen LogP contribution in [0.4, 0.5) is 10.1 Å². The molecule has 1 amide bonds. The lowest BCUT2D eigenvalue weighted by atomic mass is 9.96. The Labute approximate surface area is 136 Å². The van der Waals surface area contributed by atoms with Gasteiger partial charge in [0.2, 0.25) is 5.91 Å². The molecule has 0 spiro atoms. The number of halogens is 1. The number of nitrogens with one attached hydrogen (secondary N) is 1. The summed E-state index contributed by atoms with van der Waals surface area (Å²) in [6.07, 6.45) is 1.84. The monoisotopic (exact) mass is 312 g/mol. The van der Waals surface area contributed by atoms with Crippen LogP contribution >= 0.6 is 0 Å². The van der Waals surface area contributed by atoms with Crippen LogP contribution in [0, 0.1) is 11.7 Å². The standard InChI is InChI=1S/C19H21FN2O/c20-17-10-4-5-11-18(17)21-19(23)16-9-6-12-22(14-16)13-15-7-2-1-3-8-15/h1-5,7-8,10-11,16H,6,9,12-14H2,(H,21,23)/t16-/m0/s1. The third kappa shape index (κ3) is 4.17. The van der Waals surface area contributed by atoms with Crippen molar-refractivity contribution in [2.75, 3.05) is 18.4 Å². The third-order valence-electron chi connectivity index (χ3n) is 4.26. The quantitative estimate of drug-likeness (QED) is 0.934. The van der Waals surface area contributed by atoms with Gasteiger partial charge >= 0.3 is 0 Å². The van der Waals surface area contributed by atoms with Crippen molar-refractivity contribution in [1.82, 2.24) is 4.90 Å². The maximum atomic E-state index is 13.7. The molecule has 0 saturated carbocycles. The number of carbonyl (C=O) groups is 1. The molecule has 1 aliphatic heterocycles. The average Bonchev–Trinajstić information content (AvgIpc) is 2.58. The van der Waals surface area contributed by atoms with E-state index in [0.717, 1.165) is 32.5 Å². The zero-order chi connectivity index (χ0) is 16.1. The molecule has 1 N–H and O–H groups in total. The fraction of sp³-hybridized carbons (Fsp3) is 0.316. The highest BCUT2D eigenvalue weighted by atomic mass is 19.1. The number of amides is 1. The highest BCUT2D eigenvalue weighted by molar-refractivity contribution is 5.92. The van der Waals surface area contributed by atoms with Crippen molar-refractivity contribution >= 4 is 11.6 Å². The maximum Gasteiger partial charge on any atom is 0.228 e. The van der Waals surface area contributed by atoms with Crippen LogP contribution in [0.25, 0.3) is 0 Å². The number of hydrogen-bond acceptors (Lipinski definition) is 2. The van der Waals surface area contributed by atoms with E-state index in [1.807, 2.05) is 18.2 Å². The SMILES string of the molecule is O=C(Nc1ccccc1F)[C@H]1CCCN(Cc2ccccc2)C1. The minimum absolute atomic E-state index is 0.0899. The van der Waals surface area contributed by atoms with Gasteiger partial charge in [0, 0.05) is 13.1 Å². The summed E-state index contributed by atoms with van der Waals surface area (Å²) in [6.45, 7) is 2.57. The summed E-state index contributed by atoms with van der Waals surface area (Å²) in [5.41, 5.74) is 1.51. The Morgan fingerprint density at radius 2 is 1.87 bits per heavy atom. The molecule has 0 bridgehead atoms. The molecule has 3 nitrogen and oxygen atoms in total. The molecule has 1 saturated heterocycles. The van der Waals surface area contributed by atoms with Crippen molar-refractivity contribution in [2.45, 2.75) is 19.4 Å². The smallest absolute Gasteiger partial charge is 0.228 e. The van der Waals surface area contributed by atoms with Crippen LogP contribution in [0.2, 0.25) is 0 Å². The van der Waals surface area contributed by atoms with Crippen molar-refractivity contribution in [3.8, 4) is 0 Å².